The average Bonchev–Trinajstić information content (AvgIpc) is 2.85. The molecule has 0 saturated heterocycles. The summed E-state index contributed by atoms with van der Waals surface area (Å²) < 4.78 is 10.6. The van der Waals surface area contributed by atoms with Crippen LogP contribution in [-0.4, -0.2) is 14.2 Å². The summed E-state index contributed by atoms with van der Waals surface area (Å²) >= 11 is 0. The molecule has 0 bridgehead atoms. The first-order valence-corrected chi connectivity index (χ1v) is 6.78. The number of methoxy groups -OCH3 is 2. The van der Waals surface area contributed by atoms with Crippen molar-refractivity contribution in [2.45, 2.75) is 18.4 Å². The number of nitrogens with two attached hydrogens (primary N) is 1. The van der Waals surface area contributed by atoms with Crippen molar-refractivity contribution >= 4 is 0 Å². The molecule has 2 N–H and O–H groups in total. The molecule has 1 aliphatic carbocycles. The Morgan fingerprint density at radius 2 is 1.75 bits per heavy atom. The first kappa shape index (κ1) is 13.0. The van der Waals surface area contributed by atoms with E-state index in [0.29, 0.717) is 0 Å². The maximum atomic E-state index is 6.73. The van der Waals surface area contributed by atoms with Crippen LogP contribution in [-0.2, 0) is 12.0 Å². The van der Waals surface area contributed by atoms with Crippen molar-refractivity contribution in [3.63, 3.8) is 0 Å². The highest BCUT2D eigenvalue weighted by molar-refractivity contribution is 5.50. The van der Waals surface area contributed by atoms with Gasteiger partial charge in [-0.2, -0.15) is 0 Å². The molecule has 20 heavy (non-hydrogen) atoms. The number of hydrogen-bond donors (Lipinski definition) is 1. The third-order valence-electron chi connectivity index (χ3n) is 4.17. The van der Waals surface area contributed by atoms with Crippen molar-refractivity contribution in [3.05, 3.63) is 59.2 Å². The van der Waals surface area contributed by atoms with Gasteiger partial charge in [0.1, 0.15) is 11.5 Å². The third kappa shape index (κ3) is 1.95. The molecule has 0 radical (unpaired) electrons. The maximum absolute atomic E-state index is 6.73. The molecule has 0 spiro atoms. The number of hydrogen-bond acceptors (Lipinski definition) is 3. The Balaban J connectivity index is 2.10. The number of aryl methyl sites for hydroxylation is 1. The Morgan fingerprint density at radius 3 is 2.50 bits per heavy atom. The van der Waals surface area contributed by atoms with Crippen LogP contribution in [0.5, 0.6) is 11.5 Å². The van der Waals surface area contributed by atoms with Gasteiger partial charge in [-0.3, -0.25) is 0 Å². The van der Waals surface area contributed by atoms with Crippen LogP contribution in [0.3, 0.4) is 0 Å². The predicted molar refractivity (Wildman–Crippen MR) is 79.3 cm³/mol. The van der Waals surface area contributed by atoms with Gasteiger partial charge in [-0.1, -0.05) is 18.2 Å². The Morgan fingerprint density at radius 1 is 1.00 bits per heavy atom. The number of benzene rings is 2. The molecule has 0 heterocycles. The summed E-state index contributed by atoms with van der Waals surface area (Å²) in [6.07, 6.45) is 1.90. The molecule has 1 unspecified atom stereocenters. The van der Waals surface area contributed by atoms with E-state index in [-0.39, 0.29) is 0 Å². The quantitative estimate of drug-likeness (QED) is 0.932. The minimum Gasteiger partial charge on any atom is -0.497 e. The largest absolute Gasteiger partial charge is 0.497 e. The lowest BCUT2D eigenvalue weighted by molar-refractivity contribution is 0.410. The molecule has 1 atom stereocenters. The zero-order chi connectivity index (χ0) is 14.2. The van der Waals surface area contributed by atoms with Crippen LogP contribution in [0.1, 0.15) is 23.1 Å². The summed E-state index contributed by atoms with van der Waals surface area (Å²) in [5.74, 6) is 1.69. The van der Waals surface area contributed by atoms with Gasteiger partial charge in [-0.05, 0) is 53.8 Å². The first-order valence-electron chi connectivity index (χ1n) is 6.78. The summed E-state index contributed by atoms with van der Waals surface area (Å²) in [7, 11) is 3.36. The summed E-state index contributed by atoms with van der Waals surface area (Å²) in [6.45, 7) is 0. The van der Waals surface area contributed by atoms with E-state index >= 15 is 0 Å². The number of fused-ring (bicyclic) bond motifs is 1. The summed E-state index contributed by atoms with van der Waals surface area (Å²) in [6, 6.07) is 14.2. The van der Waals surface area contributed by atoms with Crippen molar-refractivity contribution in [3.8, 4) is 11.5 Å². The lowest BCUT2D eigenvalue weighted by Crippen LogP contribution is -2.35. The highest BCUT2D eigenvalue weighted by Crippen LogP contribution is 2.42. The molecule has 2 aromatic carbocycles. The predicted octanol–water partition coefficient (Wildman–Crippen LogP) is 2.85. The molecule has 0 aromatic heterocycles. The van der Waals surface area contributed by atoms with Crippen LogP contribution in [0.25, 0.3) is 0 Å². The van der Waals surface area contributed by atoms with Crippen molar-refractivity contribution < 1.29 is 9.47 Å². The first-order chi connectivity index (χ1) is 9.67. The second-order valence-corrected chi connectivity index (χ2v) is 5.23. The Kier molecular flexibility index (Phi) is 3.14. The molecule has 1 aliphatic rings. The van der Waals surface area contributed by atoms with Gasteiger partial charge in [0, 0.05) is 0 Å². The minimum absolute atomic E-state index is 0.460. The second kappa shape index (κ2) is 4.84. The van der Waals surface area contributed by atoms with Gasteiger partial charge in [-0.15, -0.1) is 0 Å². The summed E-state index contributed by atoms with van der Waals surface area (Å²) in [4.78, 5) is 0. The highest BCUT2D eigenvalue weighted by atomic mass is 16.5. The van der Waals surface area contributed by atoms with Gasteiger partial charge in [0.2, 0.25) is 0 Å². The van der Waals surface area contributed by atoms with E-state index in [1.807, 2.05) is 24.3 Å². The Hall–Kier alpha value is -2.00. The molecule has 3 heteroatoms. The fourth-order valence-electron chi connectivity index (χ4n) is 2.98. The smallest absolute Gasteiger partial charge is 0.119 e. The van der Waals surface area contributed by atoms with E-state index in [2.05, 4.69) is 18.2 Å². The maximum Gasteiger partial charge on any atom is 0.119 e. The SMILES string of the molecule is COc1cccc(C2(N)CCc3ccc(OC)cc32)c1. The van der Waals surface area contributed by atoms with E-state index in [0.717, 1.165) is 35.5 Å². The van der Waals surface area contributed by atoms with Crippen molar-refractivity contribution in [2.75, 3.05) is 14.2 Å². The zero-order valence-electron chi connectivity index (χ0n) is 11.8. The van der Waals surface area contributed by atoms with Crippen LogP contribution >= 0.6 is 0 Å². The molecule has 3 nitrogen and oxygen atoms in total. The molecule has 0 amide bonds. The molecule has 3 rings (SSSR count). The van der Waals surface area contributed by atoms with Gasteiger partial charge in [0.25, 0.3) is 0 Å². The number of rotatable bonds is 3. The molecule has 0 fully saturated rings. The zero-order valence-corrected chi connectivity index (χ0v) is 11.8. The third-order valence-corrected chi connectivity index (χ3v) is 4.17. The molecular weight excluding hydrogens is 250 g/mol. The molecule has 0 aliphatic heterocycles. The standard InChI is InChI=1S/C17H19NO2/c1-19-14-5-3-4-13(10-14)17(18)9-8-12-6-7-15(20-2)11-16(12)17/h3-7,10-11H,8-9,18H2,1-2H3. The van der Waals surface area contributed by atoms with Crippen molar-refractivity contribution in [1.82, 2.24) is 0 Å². The van der Waals surface area contributed by atoms with Crippen LogP contribution in [0.15, 0.2) is 42.5 Å². The van der Waals surface area contributed by atoms with Gasteiger partial charge < -0.3 is 15.2 Å². The molecule has 0 saturated carbocycles. The molecule has 104 valence electrons. The van der Waals surface area contributed by atoms with E-state index in [4.69, 9.17) is 15.2 Å². The van der Waals surface area contributed by atoms with E-state index in [1.54, 1.807) is 14.2 Å². The lowest BCUT2D eigenvalue weighted by Gasteiger charge is -2.27. The minimum atomic E-state index is -0.460. The van der Waals surface area contributed by atoms with E-state index in [9.17, 15) is 0 Å². The van der Waals surface area contributed by atoms with Crippen LogP contribution in [0, 0.1) is 0 Å². The van der Waals surface area contributed by atoms with Gasteiger partial charge in [-0.25, -0.2) is 0 Å². The van der Waals surface area contributed by atoms with Crippen molar-refractivity contribution in [1.29, 1.82) is 0 Å². The summed E-state index contributed by atoms with van der Waals surface area (Å²) in [5, 5.41) is 0. The monoisotopic (exact) mass is 269 g/mol. The second-order valence-electron chi connectivity index (χ2n) is 5.23. The normalized spacial score (nSPS) is 20.6. The fourth-order valence-corrected chi connectivity index (χ4v) is 2.98. The average molecular weight is 269 g/mol. The van der Waals surface area contributed by atoms with Gasteiger partial charge in [0.05, 0.1) is 19.8 Å². The lowest BCUT2D eigenvalue weighted by atomic mass is 9.85. The van der Waals surface area contributed by atoms with Crippen LogP contribution < -0.4 is 15.2 Å². The molecular formula is C17H19NO2. The van der Waals surface area contributed by atoms with Crippen LogP contribution in [0.4, 0.5) is 0 Å². The fraction of sp³-hybridized carbons (Fsp3) is 0.294. The van der Waals surface area contributed by atoms with Crippen molar-refractivity contribution in [2.24, 2.45) is 5.73 Å². The molecule has 2 aromatic rings. The Labute approximate surface area is 119 Å². The Bertz CT molecular complexity index is 639. The van der Waals surface area contributed by atoms with E-state index in [1.165, 1.54) is 5.56 Å². The topological polar surface area (TPSA) is 44.5 Å². The van der Waals surface area contributed by atoms with E-state index < -0.39 is 5.54 Å². The summed E-state index contributed by atoms with van der Waals surface area (Å²) in [5.41, 5.74) is 9.81. The number of ether oxygens (including phenoxy) is 2. The highest BCUT2D eigenvalue weighted by Gasteiger charge is 2.37. The van der Waals surface area contributed by atoms with Gasteiger partial charge >= 0.3 is 0 Å². The van der Waals surface area contributed by atoms with Gasteiger partial charge in [0.15, 0.2) is 0 Å². The van der Waals surface area contributed by atoms with Crippen LogP contribution in [0.2, 0.25) is 0 Å².